The maximum atomic E-state index is 12.9. The third-order valence-electron chi connectivity index (χ3n) is 3.53. The monoisotopic (exact) mass is 317 g/mol. The van der Waals surface area contributed by atoms with Crippen molar-refractivity contribution >= 4 is 26.7 Å². The van der Waals surface area contributed by atoms with Crippen LogP contribution in [0, 0.1) is 13.8 Å². The highest BCUT2D eigenvalue weighted by molar-refractivity contribution is 7.90. The van der Waals surface area contributed by atoms with E-state index in [1.54, 1.807) is 38.1 Å². The molecular weight excluding hydrogens is 302 g/mol. The third kappa shape index (κ3) is 2.10. The van der Waals surface area contributed by atoms with E-state index in [-0.39, 0.29) is 10.4 Å². The second kappa shape index (κ2) is 4.74. The van der Waals surface area contributed by atoms with Crippen LogP contribution in [0.3, 0.4) is 0 Å². The number of aromatic amines is 1. The van der Waals surface area contributed by atoms with E-state index in [4.69, 9.17) is 5.73 Å². The van der Waals surface area contributed by atoms with E-state index in [1.807, 2.05) is 6.07 Å². The van der Waals surface area contributed by atoms with Crippen molar-refractivity contribution in [2.24, 2.45) is 0 Å². The zero-order chi connectivity index (χ0) is 16.1. The van der Waals surface area contributed by atoms with Gasteiger partial charge in [-0.05, 0) is 49.2 Å². The summed E-state index contributed by atoms with van der Waals surface area (Å²) in [6.07, 6.45) is 0. The molecule has 0 aliphatic carbocycles. The lowest BCUT2D eigenvalue weighted by Gasteiger charge is -2.09. The van der Waals surface area contributed by atoms with Crippen LogP contribution in [0.4, 0.5) is 5.69 Å². The van der Waals surface area contributed by atoms with Gasteiger partial charge in [-0.2, -0.15) is 3.97 Å². The molecule has 0 aliphatic rings. The number of rotatable bonds is 2. The molecule has 114 valence electrons. The average molecular weight is 317 g/mol. The van der Waals surface area contributed by atoms with Crippen LogP contribution in [0.25, 0.3) is 11.0 Å². The molecule has 2 aromatic carbocycles. The van der Waals surface area contributed by atoms with Gasteiger partial charge in [-0.1, -0.05) is 12.1 Å². The molecular formula is C15H15N3O3S. The van der Waals surface area contributed by atoms with Crippen LogP contribution in [-0.2, 0) is 10.0 Å². The molecule has 7 heteroatoms. The molecule has 0 bridgehead atoms. The number of aromatic nitrogens is 2. The van der Waals surface area contributed by atoms with Crippen LogP contribution >= 0.6 is 0 Å². The number of aryl methyl sites for hydroxylation is 2. The van der Waals surface area contributed by atoms with E-state index in [1.165, 1.54) is 6.07 Å². The molecule has 0 aliphatic heterocycles. The van der Waals surface area contributed by atoms with E-state index >= 15 is 0 Å². The van der Waals surface area contributed by atoms with Gasteiger partial charge in [0.2, 0.25) is 0 Å². The number of nitrogens with one attached hydrogen (secondary N) is 1. The fourth-order valence-corrected chi connectivity index (χ4v) is 4.10. The fraction of sp³-hybridized carbons (Fsp3) is 0.133. The molecule has 0 radical (unpaired) electrons. The topological polar surface area (TPSA) is 98.0 Å². The summed E-state index contributed by atoms with van der Waals surface area (Å²) in [7, 11) is -4.01. The maximum absolute atomic E-state index is 12.9. The van der Waals surface area contributed by atoms with Gasteiger partial charge >= 0.3 is 5.69 Å². The van der Waals surface area contributed by atoms with Gasteiger partial charge in [-0.15, -0.1) is 0 Å². The van der Waals surface area contributed by atoms with Crippen molar-refractivity contribution in [1.82, 2.24) is 8.96 Å². The Bertz CT molecular complexity index is 1050. The molecule has 0 saturated heterocycles. The summed E-state index contributed by atoms with van der Waals surface area (Å²) in [5.41, 5.74) is 7.44. The number of H-pyrrole nitrogens is 1. The largest absolute Gasteiger partial charge is 0.399 e. The van der Waals surface area contributed by atoms with Crippen molar-refractivity contribution in [3.8, 4) is 0 Å². The number of fused-ring (bicyclic) bond motifs is 1. The van der Waals surface area contributed by atoms with Crippen molar-refractivity contribution < 1.29 is 8.42 Å². The van der Waals surface area contributed by atoms with Crippen LogP contribution in [-0.4, -0.2) is 17.4 Å². The summed E-state index contributed by atoms with van der Waals surface area (Å²) >= 11 is 0. The normalized spacial score (nSPS) is 11.9. The summed E-state index contributed by atoms with van der Waals surface area (Å²) < 4.78 is 26.6. The number of imidazole rings is 1. The highest BCUT2D eigenvalue weighted by Gasteiger charge is 2.24. The van der Waals surface area contributed by atoms with Crippen LogP contribution < -0.4 is 11.4 Å². The summed E-state index contributed by atoms with van der Waals surface area (Å²) in [6, 6.07) is 9.76. The Balaban J connectivity index is 2.39. The Morgan fingerprint density at radius 3 is 2.55 bits per heavy atom. The van der Waals surface area contributed by atoms with Gasteiger partial charge in [0.25, 0.3) is 10.0 Å². The number of nitrogens with zero attached hydrogens (tertiary/aromatic N) is 1. The highest BCUT2D eigenvalue weighted by Crippen LogP contribution is 2.23. The molecule has 0 unspecified atom stereocenters. The van der Waals surface area contributed by atoms with Gasteiger partial charge in [-0.25, -0.2) is 13.2 Å². The summed E-state index contributed by atoms with van der Waals surface area (Å²) in [6.45, 7) is 3.50. The Labute approximate surface area is 127 Å². The van der Waals surface area contributed by atoms with Gasteiger partial charge < -0.3 is 10.7 Å². The molecule has 3 N–H and O–H groups in total. The zero-order valence-corrected chi connectivity index (χ0v) is 12.9. The van der Waals surface area contributed by atoms with Gasteiger partial charge in [0, 0.05) is 5.69 Å². The zero-order valence-electron chi connectivity index (χ0n) is 12.1. The van der Waals surface area contributed by atoms with Gasteiger partial charge in [-0.3, -0.25) is 0 Å². The summed E-state index contributed by atoms with van der Waals surface area (Å²) in [5.74, 6) is 0. The minimum atomic E-state index is -4.01. The fourth-order valence-electron chi connectivity index (χ4n) is 2.42. The molecule has 1 aromatic heterocycles. The van der Waals surface area contributed by atoms with E-state index in [0.717, 1.165) is 9.54 Å². The first-order valence-electron chi connectivity index (χ1n) is 6.64. The van der Waals surface area contributed by atoms with Crippen LogP contribution in [0.15, 0.2) is 46.1 Å². The first-order chi connectivity index (χ1) is 10.3. The van der Waals surface area contributed by atoms with E-state index < -0.39 is 15.7 Å². The number of hydrogen-bond acceptors (Lipinski definition) is 4. The molecule has 3 aromatic rings. The minimum Gasteiger partial charge on any atom is -0.399 e. The Hall–Kier alpha value is -2.54. The van der Waals surface area contributed by atoms with Crippen LogP contribution in [0.1, 0.15) is 11.1 Å². The SMILES string of the molecule is Cc1ccc(C)c(S(=O)(=O)n2c(=O)[nH]c3ccc(N)cc32)c1. The predicted molar refractivity (Wildman–Crippen MR) is 85.5 cm³/mol. The van der Waals surface area contributed by atoms with Crippen molar-refractivity contribution in [3.05, 3.63) is 58.0 Å². The predicted octanol–water partition coefficient (Wildman–Crippen LogP) is 1.77. The van der Waals surface area contributed by atoms with Crippen LogP contribution in [0.2, 0.25) is 0 Å². The summed E-state index contributed by atoms with van der Waals surface area (Å²) in [4.78, 5) is 14.8. The van der Waals surface area contributed by atoms with E-state index in [0.29, 0.717) is 16.8 Å². The minimum absolute atomic E-state index is 0.109. The van der Waals surface area contributed by atoms with Crippen molar-refractivity contribution in [2.45, 2.75) is 18.7 Å². The van der Waals surface area contributed by atoms with Crippen LogP contribution in [0.5, 0.6) is 0 Å². The number of nitrogen functional groups attached to an aromatic ring is 1. The first-order valence-corrected chi connectivity index (χ1v) is 8.08. The molecule has 1 heterocycles. The molecule has 3 rings (SSSR count). The lowest BCUT2D eigenvalue weighted by atomic mass is 10.2. The standard InChI is InChI=1S/C15H15N3O3S/c1-9-3-4-10(2)14(7-9)22(20,21)18-13-8-11(16)5-6-12(13)17-15(18)19/h3-8H,16H2,1-2H3,(H,17,19). The molecule has 0 fully saturated rings. The van der Waals surface area contributed by atoms with E-state index in [2.05, 4.69) is 4.98 Å². The smallest absolute Gasteiger partial charge is 0.340 e. The molecule has 0 spiro atoms. The second-order valence-corrected chi connectivity index (χ2v) is 7.00. The highest BCUT2D eigenvalue weighted by atomic mass is 32.2. The number of anilines is 1. The molecule has 22 heavy (non-hydrogen) atoms. The quantitative estimate of drug-likeness (QED) is 0.704. The average Bonchev–Trinajstić information content (AvgIpc) is 2.77. The lowest BCUT2D eigenvalue weighted by Crippen LogP contribution is -2.25. The third-order valence-corrected chi connectivity index (χ3v) is 5.37. The van der Waals surface area contributed by atoms with E-state index in [9.17, 15) is 13.2 Å². The van der Waals surface area contributed by atoms with Crippen molar-refractivity contribution in [1.29, 1.82) is 0 Å². The number of benzene rings is 2. The molecule has 0 amide bonds. The molecule has 6 nitrogen and oxygen atoms in total. The number of hydrogen-bond donors (Lipinski definition) is 2. The lowest BCUT2D eigenvalue weighted by molar-refractivity contribution is 0.586. The van der Waals surface area contributed by atoms with Crippen molar-refractivity contribution in [3.63, 3.8) is 0 Å². The molecule has 0 saturated carbocycles. The Kier molecular flexibility index (Phi) is 3.10. The molecule has 0 atom stereocenters. The van der Waals surface area contributed by atoms with Gasteiger partial charge in [0.1, 0.15) is 0 Å². The van der Waals surface area contributed by atoms with Gasteiger partial charge in [0.05, 0.1) is 15.9 Å². The maximum Gasteiger partial charge on any atom is 0.340 e. The second-order valence-electron chi connectivity index (χ2n) is 5.25. The van der Waals surface area contributed by atoms with Gasteiger partial charge in [0.15, 0.2) is 0 Å². The van der Waals surface area contributed by atoms with Crippen molar-refractivity contribution in [2.75, 3.05) is 5.73 Å². The Morgan fingerprint density at radius 1 is 1.09 bits per heavy atom. The Morgan fingerprint density at radius 2 is 1.82 bits per heavy atom. The summed E-state index contributed by atoms with van der Waals surface area (Å²) in [5, 5.41) is 0. The first kappa shape index (κ1) is 14.4. The number of nitrogens with two attached hydrogens (primary N) is 1.